The van der Waals surface area contributed by atoms with Crippen LogP contribution in [0.3, 0.4) is 0 Å². The largest absolute Gasteiger partial charge is 0.495 e. The molecule has 10 nitrogen and oxygen atoms in total. The van der Waals surface area contributed by atoms with Crippen LogP contribution in [-0.2, 0) is 9.53 Å². The fourth-order valence-corrected chi connectivity index (χ4v) is 4.64. The molecular formula is C25H32F2N6O4. The van der Waals surface area contributed by atoms with Crippen molar-refractivity contribution < 1.29 is 27.8 Å². The van der Waals surface area contributed by atoms with Crippen molar-refractivity contribution in [2.75, 3.05) is 55.6 Å². The molecule has 12 heteroatoms. The molecular weight excluding hydrogens is 486 g/mol. The maximum absolute atomic E-state index is 14.8. The van der Waals surface area contributed by atoms with Crippen molar-refractivity contribution >= 4 is 35.0 Å². The number of hydrogen-bond donors (Lipinski definition) is 2. The van der Waals surface area contributed by atoms with Gasteiger partial charge in [0.25, 0.3) is 11.8 Å². The summed E-state index contributed by atoms with van der Waals surface area (Å²) >= 11 is 0. The molecule has 37 heavy (non-hydrogen) atoms. The van der Waals surface area contributed by atoms with Gasteiger partial charge >= 0.3 is 5.92 Å². The number of aromatic nitrogens is 2. The summed E-state index contributed by atoms with van der Waals surface area (Å²) in [4.78, 5) is 36.2. The van der Waals surface area contributed by atoms with E-state index < -0.39 is 18.4 Å². The van der Waals surface area contributed by atoms with Crippen molar-refractivity contribution in [1.29, 1.82) is 0 Å². The highest BCUT2D eigenvalue weighted by Gasteiger charge is 2.48. The molecule has 0 saturated heterocycles. The van der Waals surface area contributed by atoms with Gasteiger partial charge in [-0.3, -0.25) is 9.59 Å². The van der Waals surface area contributed by atoms with Crippen molar-refractivity contribution in [3.8, 4) is 5.75 Å². The summed E-state index contributed by atoms with van der Waals surface area (Å²) in [7, 11) is 2.78. The molecule has 0 bridgehead atoms. The fourth-order valence-electron chi connectivity index (χ4n) is 4.64. The number of amides is 2. The van der Waals surface area contributed by atoms with Crippen LogP contribution in [0.5, 0.6) is 5.75 Å². The number of ether oxygens (including phenoxy) is 2. The molecule has 0 spiro atoms. The molecule has 1 aromatic heterocycles. The first kappa shape index (κ1) is 26.5. The van der Waals surface area contributed by atoms with Crippen LogP contribution in [0.4, 0.5) is 31.9 Å². The number of rotatable bonds is 9. The summed E-state index contributed by atoms with van der Waals surface area (Å²) in [6, 6.07) is 4.73. The second kappa shape index (κ2) is 11.2. The van der Waals surface area contributed by atoms with E-state index in [0.717, 1.165) is 30.6 Å². The van der Waals surface area contributed by atoms with E-state index >= 15 is 0 Å². The molecule has 0 unspecified atom stereocenters. The molecule has 0 atom stereocenters. The summed E-state index contributed by atoms with van der Waals surface area (Å²) in [5, 5.41) is 5.84. The number of halogens is 2. The normalized spacial score (nSPS) is 17.4. The van der Waals surface area contributed by atoms with Gasteiger partial charge in [-0.05, 0) is 38.0 Å². The maximum atomic E-state index is 14.8. The molecule has 200 valence electrons. The van der Waals surface area contributed by atoms with Gasteiger partial charge in [0.05, 0.1) is 32.1 Å². The second-order valence-corrected chi connectivity index (χ2v) is 9.03. The predicted molar refractivity (Wildman–Crippen MR) is 135 cm³/mol. The highest BCUT2D eigenvalue weighted by Crippen LogP contribution is 2.40. The lowest BCUT2D eigenvalue weighted by atomic mass is 10.1. The Bertz CT molecular complexity index is 1140. The van der Waals surface area contributed by atoms with Gasteiger partial charge in [-0.25, -0.2) is 4.98 Å². The molecule has 1 fully saturated rings. The van der Waals surface area contributed by atoms with Crippen LogP contribution in [-0.4, -0.2) is 74.2 Å². The van der Waals surface area contributed by atoms with Crippen molar-refractivity contribution in [1.82, 2.24) is 15.3 Å². The van der Waals surface area contributed by atoms with Crippen molar-refractivity contribution in [3.63, 3.8) is 0 Å². The molecule has 2 amide bonds. The van der Waals surface area contributed by atoms with E-state index in [1.54, 1.807) is 23.1 Å². The van der Waals surface area contributed by atoms with E-state index in [1.807, 2.05) is 6.92 Å². The third-order valence-corrected chi connectivity index (χ3v) is 6.58. The van der Waals surface area contributed by atoms with Crippen LogP contribution in [0.25, 0.3) is 0 Å². The van der Waals surface area contributed by atoms with Crippen LogP contribution >= 0.6 is 0 Å². The number of nitrogens with one attached hydrogen (secondary N) is 2. The van der Waals surface area contributed by atoms with Gasteiger partial charge < -0.3 is 29.9 Å². The monoisotopic (exact) mass is 518 g/mol. The zero-order valence-corrected chi connectivity index (χ0v) is 21.2. The standard InChI is InChI=1S/C25H32F2N6O4/c1-4-37-12-11-28-22(34)16-9-10-18(20(13-16)36-3)30-24-29-14-19-21(31-24)33(17-7-5-6-8-17)15-25(26,27)23(35)32(19)2/h9-10,13-14,17H,4-8,11-12,15H2,1-3H3,(H,28,34)(H,29,30,31). The Hall–Kier alpha value is -3.54. The highest BCUT2D eigenvalue weighted by molar-refractivity contribution is 6.02. The quantitative estimate of drug-likeness (QED) is 0.487. The molecule has 1 aromatic carbocycles. The molecule has 1 saturated carbocycles. The molecule has 1 aliphatic carbocycles. The number of alkyl halides is 2. The fraction of sp³-hybridized carbons (Fsp3) is 0.520. The third kappa shape index (κ3) is 5.74. The average Bonchev–Trinajstić information content (AvgIpc) is 3.41. The maximum Gasteiger partial charge on any atom is 0.342 e. The molecule has 0 radical (unpaired) electrons. The number of carbonyl (C=O) groups excluding carboxylic acids is 2. The molecule has 2 N–H and O–H groups in total. The summed E-state index contributed by atoms with van der Waals surface area (Å²) in [6.07, 6.45) is 4.75. The lowest BCUT2D eigenvalue weighted by molar-refractivity contribution is -0.140. The average molecular weight is 519 g/mol. The molecule has 2 aromatic rings. The molecule has 2 aliphatic rings. The van der Waals surface area contributed by atoms with Crippen molar-refractivity contribution in [2.24, 2.45) is 0 Å². The van der Waals surface area contributed by atoms with Crippen LogP contribution in [0.15, 0.2) is 24.4 Å². The number of nitrogens with zero attached hydrogens (tertiary/aromatic N) is 4. The highest BCUT2D eigenvalue weighted by atomic mass is 19.3. The van der Waals surface area contributed by atoms with E-state index in [4.69, 9.17) is 9.47 Å². The van der Waals surface area contributed by atoms with Gasteiger partial charge in [0.2, 0.25) is 5.95 Å². The SMILES string of the molecule is CCOCCNC(=O)c1ccc(Nc2ncc3c(n2)N(C2CCCC2)CC(F)(F)C(=O)N3C)c(OC)c1. The van der Waals surface area contributed by atoms with Crippen molar-refractivity contribution in [3.05, 3.63) is 30.0 Å². The molecule has 2 heterocycles. The van der Waals surface area contributed by atoms with Crippen LogP contribution < -0.4 is 25.2 Å². The minimum Gasteiger partial charge on any atom is -0.495 e. The van der Waals surface area contributed by atoms with Gasteiger partial charge in [-0.15, -0.1) is 0 Å². The number of benzene rings is 1. The Balaban J connectivity index is 1.60. The van der Waals surface area contributed by atoms with Crippen LogP contribution in [0.2, 0.25) is 0 Å². The predicted octanol–water partition coefficient (Wildman–Crippen LogP) is 3.36. The van der Waals surface area contributed by atoms with Gasteiger partial charge in [0, 0.05) is 31.8 Å². The summed E-state index contributed by atoms with van der Waals surface area (Å²) in [6.45, 7) is 2.51. The van der Waals surface area contributed by atoms with Gasteiger partial charge in [0.1, 0.15) is 11.4 Å². The number of hydrogen-bond acceptors (Lipinski definition) is 8. The van der Waals surface area contributed by atoms with E-state index in [2.05, 4.69) is 20.6 Å². The van der Waals surface area contributed by atoms with E-state index in [0.29, 0.717) is 36.8 Å². The van der Waals surface area contributed by atoms with Crippen LogP contribution in [0, 0.1) is 0 Å². The molecule has 1 aliphatic heterocycles. The lowest BCUT2D eigenvalue weighted by Gasteiger charge is -2.31. The van der Waals surface area contributed by atoms with E-state index in [1.165, 1.54) is 20.4 Å². The van der Waals surface area contributed by atoms with E-state index in [9.17, 15) is 18.4 Å². The van der Waals surface area contributed by atoms with Gasteiger partial charge in [-0.2, -0.15) is 13.8 Å². The Morgan fingerprint density at radius 1 is 1.27 bits per heavy atom. The van der Waals surface area contributed by atoms with Crippen molar-refractivity contribution in [2.45, 2.75) is 44.6 Å². The Kier molecular flexibility index (Phi) is 8.06. The van der Waals surface area contributed by atoms with E-state index in [-0.39, 0.29) is 29.4 Å². The first-order valence-electron chi connectivity index (χ1n) is 12.4. The first-order chi connectivity index (χ1) is 17.7. The Morgan fingerprint density at radius 3 is 2.73 bits per heavy atom. The minimum absolute atomic E-state index is 0.137. The zero-order chi connectivity index (χ0) is 26.6. The van der Waals surface area contributed by atoms with Gasteiger partial charge in [0.15, 0.2) is 5.82 Å². The topological polar surface area (TPSA) is 109 Å². The minimum atomic E-state index is -3.55. The molecule has 4 rings (SSSR count). The second-order valence-electron chi connectivity index (χ2n) is 9.03. The lowest BCUT2D eigenvalue weighted by Crippen LogP contribution is -2.48. The third-order valence-electron chi connectivity index (χ3n) is 6.58. The summed E-state index contributed by atoms with van der Waals surface area (Å²) < 4.78 is 40.3. The summed E-state index contributed by atoms with van der Waals surface area (Å²) in [5.41, 5.74) is 1.12. The summed E-state index contributed by atoms with van der Waals surface area (Å²) in [5.74, 6) is -4.29. The first-order valence-corrected chi connectivity index (χ1v) is 12.4. The Morgan fingerprint density at radius 2 is 2.03 bits per heavy atom. The number of fused-ring (bicyclic) bond motifs is 1. The number of anilines is 4. The Labute approximate surface area is 214 Å². The number of methoxy groups -OCH3 is 1. The zero-order valence-electron chi connectivity index (χ0n) is 21.2. The number of carbonyl (C=O) groups is 2. The smallest absolute Gasteiger partial charge is 0.342 e. The van der Waals surface area contributed by atoms with Crippen LogP contribution in [0.1, 0.15) is 43.0 Å². The van der Waals surface area contributed by atoms with Gasteiger partial charge in [-0.1, -0.05) is 12.8 Å².